The quantitative estimate of drug-likeness (QED) is 0.254. The molecule has 2 aromatic rings. The zero-order valence-corrected chi connectivity index (χ0v) is 20.5. The molecule has 1 fully saturated rings. The predicted molar refractivity (Wildman–Crippen MR) is 132 cm³/mol. The number of benzene rings is 2. The second-order valence-electron chi connectivity index (χ2n) is 8.93. The standard InChI is InChI=1S/C27H32N2O6/c1-4-5-14-33-20-9-6-18(7-10-20)24-23(26(31)27(32)29(24)13-12-28(2)3)25(30)19-8-11-21-22(17-19)35-16-15-34-21/h6-11,17,24,30H,4-5,12-16H2,1-3H3/t24-/m0/s1. The fourth-order valence-corrected chi connectivity index (χ4v) is 4.19. The van der Waals surface area contributed by atoms with Crippen LogP contribution in [0, 0.1) is 0 Å². The molecule has 2 heterocycles. The van der Waals surface area contributed by atoms with Gasteiger partial charge in [-0.25, -0.2) is 0 Å². The van der Waals surface area contributed by atoms with E-state index in [2.05, 4.69) is 6.92 Å². The van der Waals surface area contributed by atoms with Gasteiger partial charge >= 0.3 is 0 Å². The maximum absolute atomic E-state index is 13.2. The summed E-state index contributed by atoms with van der Waals surface area (Å²) in [6, 6.07) is 11.6. The van der Waals surface area contributed by atoms with E-state index in [9.17, 15) is 14.7 Å². The van der Waals surface area contributed by atoms with Gasteiger partial charge in [0.25, 0.3) is 11.7 Å². The minimum atomic E-state index is -0.715. The summed E-state index contributed by atoms with van der Waals surface area (Å²) < 4.78 is 17.0. The van der Waals surface area contributed by atoms with E-state index in [0.29, 0.717) is 50.0 Å². The number of fused-ring (bicyclic) bond motifs is 1. The number of likely N-dealkylation sites (N-methyl/N-ethyl adjacent to an activating group) is 1. The third-order valence-corrected chi connectivity index (χ3v) is 6.11. The van der Waals surface area contributed by atoms with E-state index in [4.69, 9.17) is 14.2 Å². The lowest BCUT2D eigenvalue weighted by Crippen LogP contribution is -2.35. The molecule has 2 aliphatic rings. The molecule has 2 aromatic carbocycles. The van der Waals surface area contributed by atoms with Crippen LogP contribution < -0.4 is 14.2 Å². The smallest absolute Gasteiger partial charge is 0.295 e. The Morgan fingerprint density at radius 1 is 1.09 bits per heavy atom. The monoisotopic (exact) mass is 480 g/mol. The van der Waals surface area contributed by atoms with Gasteiger partial charge in [0.05, 0.1) is 18.2 Å². The van der Waals surface area contributed by atoms with E-state index >= 15 is 0 Å². The van der Waals surface area contributed by atoms with E-state index < -0.39 is 17.7 Å². The maximum Gasteiger partial charge on any atom is 0.295 e. The Kier molecular flexibility index (Phi) is 7.60. The van der Waals surface area contributed by atoms with Crippen LogP contribution in [0.5, 0.6) is 17.2 Å². The molecule has 35 heavy (non-hydrogen) atoms. The molecule has 1 atom stereocenters. The first kappa shape index (κ1) is 24.6. The summed E-state index contributed by atoms with van der Waals surface area (Å²) in [5, 5.41) is 11.3. The minimum absolute atomic E-state index is 0.0603. The fourth-order valence-electron chi connectivity index (χ4n) is 4.19. The van der Waals surface area contributed by atoms with Crippen molar-refractivity contribution in [1.82, 2.24) is 9.80 Å². The molecule has 0 aromatic heterocycles. The van der Waals surface area contributed by atoms with Gasteiger partial charge in [-0.1, -0.05) is 25.5 Å². The van der Waals surface area contributed by atoms with Gasteiger partial charge in [0.15, 0.2) is 11.5 Å². The molecule has 0 spiro atoms. The number of carbonyl (C=O) groups is 2. The second kappa shape index (κ2) is 10.8. The summed E-state index contributed by atoms with van der Waals surface area (Å²) >= 11 is 0. The van der Waals surface area contributed by atoms with Crippen molar-refractivity contribution in [3.63, 3.8) is 0 Å². The molecular weight excluding hydrogens is 448 g/mol. The summed E-state index contributed by atoms with van der Waals surface area (Å²) in [5.41, 5.74) is 1.18. The number of carbonyl (C=O) groups excluding carboxylic acids is 2. The van der Waals surface area contributed by atoms with Gasteiger partial charge in [0.1, 0.15) is 24.7 Å². The summed E-state index contributed by atoms with van der Waals surface area (Å²) in [7, 11) is 3.81. The molecule has 0 bridgehead atoms. The first-order valence-corrected chi connectivity index (χ1v) is 12.0. The molecule has 0 radical (unpaired) electrons. The van der Waals surface area contributed by atoms with E-state index in [1.54, 1.807) is 18.2 Å². The van der Waals surface area contributed by atoms with E-state index in [0.717, 1.165) is 24.2 Å². The topological polar surface area (TPSA) is 88.5 Å². The zero-order chi connectivity index (χ0) is 24.9. The summed E-state index contributed by atoms with van der Waals surface area (Å²) in [6.45, 7) is 4.50. The van der Waals surface area contributed by atoms with E-state index in [-0.39, 0.29) is 11.3 Å². The van der Waals surface area contributed by atoms with Gasteiger partial charge in [-0.2, -0.15) is 0 Å². The van der Waals surface area contributed by atoms with Crippen LogP contribution in [0.3, 0.4) is 0 Å². The van der Waals surface area contributed by atoms with Gasteiger partial charge < -0.3 is 29.1 Å². The number of nitrogens with zero attached hydrogens (tertiary/aromatic N) is 2. The molecule has 0 aliphatic carbocycles. The molecule has 8 nitrogen and oxygen atoms in total. The van der Waals surface area contributed by atoms with Crippen molar-refractivity contribution in [3.8, 4) is 17.2 Å². The molecule has 0 saturated carbocycles. The lowest BCUT2D eigenvalue weighted by Gasteiger charge is -2.27. The zero-order valence-electron chi connectivity index (χ0n) is 20.5. The van der Waals surface area contributed by atoms with Gasteiger partial charge in [-0.3, -0.25) is 9.59 Å². The molecule has 1 N–H and O–H groups in total. The first-order valence-electron chi connectivity index (χ1n) is 12.0. The summed E-state index contributed by atoms with van der Waals surface area (Å²) in [4.78, 5) is 29.7. The first-order chi connectivity index (χ1) is 16.9. The number of unbranched alkanes of at least 4 members (excludes halogenated alkanes) is 1. The lowest BCUT2D eigenvalue weighted by atomic mass is 9.95. The van der Waals surface area contributed by atoms with Crippen LogP contribution in [0.25, 0.3) is 5.76 Å². The van der Waals surface area contributed by atoms with E-state index in [1.807, 2.05) is 43.3 Å². The van der Waals surface area contributed by atoms with Gasteiger partial charge in [-0.05, 0) is 56.4 Å². The molecular formula is C27H32N2O6. The van der Waals surface area contributed by atoms with Gasteiger partial charge in [0, 0.05) is 18.7 Å². The predicted octanol–water partition coefficient (Wildman–Crippen LogP) is 3.62. The highest BCUT2D eigenvalue weighted by molar-refractivity contribution is 6.46. The highest BCUT2D eigenvalue weighted by Gasteiger charge is 2.46. The number of amides is 1. The molecule has 4 rings (SSSR count). The van der Waals surface area contributed by atoms with Crippen molar-refractivity contribution in [2.75, 3.05) is 47.0 Å². The number of likely N-dealkylation sites (tertiary alicyclic amines) is 1. The molecule has 186 valence electrons. The fraction of sp³-hybridized carbons (Fsp3) is 0.407. The average molecular weight is 481 g/mol. The normalized spacial score (nSPS) is 18.9. The molecule has 1 saturated heterocycles. The number of aliphatic hydroxyl groups excluding tert-OH is 1. The second-order valence-corrected chi connectivity index (χ2v) is 8.93. The molecule has 8 heteroatoms. The van der Waals surface area contributed by atoms with Gasteiger partial charge in [-0.15, -0.1) is 0 Å². The Bertz CT molecular complexity index is 1110. The van der Waals surface area contributed by atoms with Crippen LogP contribution in [0.1, 0.15) is 36.9 Å². The molecule has 0 unspecified atom stereocenters. The van der Waals surface area contributed by atoms with Crippen LogP contribution >= 0.6 is 0 Å². The van der Waals surface area contributed by atoms with Crippen molar-refractivity contribution in [3.05, 3.63) is 59.2 Å². The number of hydrogen-bond donors (Lipinski definition) is 1. The number of ether oxygens (including phenoxy) is 3. The van der Waals surface area contributed by atoms with Crippen molar-refractivity contribution >= 4 is 17.4 Å². The SMILES string of the molecule is CCCCOc1ccc([C@H]2C(=C(O)c3ccc4c(c3)OCCO4)C(=O)C(=O)N2CCN(C)C)cc1. The van der Waals surface area contributed by atoms with Crippen LogP contribution in [0.15, 0.2) is 48.0 Å². The Balaban J connectivity index is 1.73. The largest absolute Gasteiger partial charge is 0.507 e. The number of rotatable bonds is 9. The van der Waals surface area contributed by atoms with Crippen molar-refractivity contribution in [1.29, 1.82) is 0 Å². The van der Waals surface area contributed by atoms with Crippen LogP contribution in [0.4, 0.5) is 0 Å². The third kappa shape index (κ3) is 5.27. The number of ketones is 1. The Morgan fingerprint density at radius 3 is 2.49 bits per heavy atom. The van der Waals surface area contributed by atoms with Crippen LogP contribution in [0.2, 0.25) is 0 Å². The minimum Gasteiger partial charge on any atom is -0.507 e. The third-order valence-electron chi connectivity index (χ3n) is 6.11. The van der Waals surface area contributed by atoms with E-state index in [1.165, 1.54) is 4.90 Å². The Labute approximate surface area is 205 Å². The Hall–Kier alpha value is -3.52. The molecule has 1 amide bonds. The van der Waals surface area contributed by atoms with Crippen LogP contribution in [-0.2, 0) is 9.59 Å². The van der Waals surface area contributed by atoms with Crippen molar-refractivity contribution < 1.29 is 28.9 Å². The maximum atomic E-state index is 13.2. The van der Waals surface area contributed by atoms with Crippen LogP contribution in [-0.4, -0.2) is 73.6 Å². The van der Waals surface area contributed by atoms with Gasteiger partial charge in [0.2, 0.25) is 0 Å². The Morgan fingerprint density at radius 2 is 1.80 bits per heavy atom. The number of Topliss-reactive ketones (excluding diaryl/α,β-unsaturated/α-hetero) is 1. The van der Waals surface area contributed by atoms with Crippen molar-refractivity contribution in [2.45, 2.75) is 25.8 Å². The number of aliphatic hydroxyl groups is 1. The lowest BCUT2D eigenvalue weighted by molar-refractivity contribution is -0.140. The summed E-state index contributed by atoms with van der Waals surface area (Å²) in [5.74, 6) is 0.227. The molecule has 2 aliphatic heterocycles. The van der Waals surface area contributed by atoms with Crippen molar-refractivity contribution in [2.24, 2.45) is 0 Å². The highest BCUT2D eigenvalue weighted by atomic mass is 16.6. The number of hydrogen-bond acceptors (Lipinski definition) is 7. The summed E-state index contributed by atoms with van der Waals surface area (Å²) in [6.07, 6.45) is 2.00. The highest BCUT2D eigenvalue weighted by Crippen LogP contribution is 2.41. The average Bonchev–Trinajstić information content (AvgIpc) is 3.12.